The van der Waals surface area contributed by atoms with Gasteiger partial charge in [-0.25, -0.2) is 4.67 Å². The normalized spacial score (nSPS) is 27.2. The van der Waals surface area contributed by atoms with Crippen molar-refractivity contribution in [1.29, 1.82) is 0 Å². The molecule has 1 rings (SSSR count). The van der Waals surface area contributed by atoms with Crippen molar-refractivity contribution in [2.75, 3.05) is 19.8 Å². The Kier molecular flexibility index (Phi) is 3.99. The standard InChI is InChI=1S/C8H15ClNO3P/c1-3-13-8(11)7-5-4-6-10(7)14(2,9)12/h7H,3-6H2,1-2H3. The summed E-state index contributed by atoms with van der Waals surface area (Å²) in [5.74, 6) is -0.312. The fourth-order valence-electron chi connectivity index (χ4n) is 1.66. The van der Waals surface area contributed by atoms with E-state index in [-0.39, 0.29) is 5.97 Å². The maximum absolute atomic E-state index is 11.6. The molecule has 82 valence electrons. The zero-order valence-electron chi connectivity index (χ0n) is 8.40. The van der Waals surface area contributed by atoms with E-state index in [1.807, 2.05) is 0 Å². The summed E-state index contributed by atoms with van der Waals surface area (Å²) in [7, 11) is 0. The number of hydrogen-bond donors (Lipinski definition) is 0. The Morgan fingerprint density at radius 1 is 1.71 bits per heavy atom. The SMILES string of the molecule is CCOC(=O)C1CCCN1P(C)(=O)Cl. The van der Waals surface area contributed by atoms with Crippen LogP contribution in [0.2, 0.25) is 0 Å². The first-order valence-corrected chi connectivity index (χ1v) is 7.69. The van der Waals surface area contributed by atoms with Gasteiger partial charge in [0, 0.05) is 13.2 Å². The second-order valence-corrected chi connectivity index (χ2v) is 7.30. The molecule has 1 fully saturated rings. The summed E-state index contributed by atoms with van der Waals surface area (Å²) in [5.41, 5.74) is 0. The van der Waals surface area contributed by atoms with E-state index in [0.29, 0.717) is 19.6 Å². The van der Waals surface area contributed by atoms with Gasteiger partial charge in [-0.05, 0) is 31.0 Å². The van der Waals surface area contributed by atoms with Crippen LogP contribution in [0.5, 0.6) is 0 Å². The van der Waals surface area contributed by atoms with E-state index in [4.69, 9.17) is 16.0 Å². The van der Waals surface area contributed by atoms with E-state index in [9.17, 15) is 9.36 Å². The predicted molar refractivity (Wildman–Crippen MR) is 55.7 cm³/mol. The van der Waals surface area contributed by atoms with Gasteiger partial charge in [0.1, 0.15) is 6.04 Å². The average molecular weight is 240 g/mol. The van der Waals surface area contributed by atoms with E-state index in [2.05, 4.69) is 0 Å². The fourth-order valence-corrected chi connectivity index (χ4v) is 3.41. The summed E-state index contributed by atoms with van der Waals surface area (Å²) < 4.78 is 18.1. The van der Waals surface area contributed by atoms with E-state index in [1.54, 1.807) is 11.6 Å². The van der Waals surface area contributed by atoms with Crippen molar-refractivity contribution in [1.82, 2.24) is 4.67 Å². The highest BCUT2D eigenvalue weighted by molar-refractivity contribution is 7.86. The number of carbonyl (C=O) groups excluding carboxylic acids is 1. The van der Waals surface area contributed by atoms with E-state index in [1.165, 1.54) is 6.66 Å². The van der Waals surface area contributed by atoms with Crippen molar-refractivity contribution in [2.24, 2.45) is 0 Å². The zero-order valence-corrected chi connectivity index (χ0v) is 10.1. The van der Waals surface area contributed by atoms with Crippen LogP contribution >= 0.6 is 17.9 Å². The van der Waals surface area contributed by atoms with Crippen molar-refractivity contribution >= 4 is 23.9 Å². The minimum Gasteiger partial charge on any atom is -0.465 e. The molecule has 0 N–H and O–H groups in total. The monoisotopic (exact) mass is 239 g/mol. The lowest BCUT2D eigenvalue weighted by molar-refractivity contribution is -0.146. The van der Waals surface area contributed by atoms with Gasteiger partial charge < -0.3 is 4.74 Å². The van der Waals surface area contributed by atoms with Crippen molar-refractivity contribution in [3.05, 3.63) is 0 Å². The van der Waals surface area contributed by atoms with Crippen molar-refractivity contribution in [3.63, 3.8) is 0 Å². The highest BCUT2D eigenvalue weighted by Crippen LogP contribution is 2.54. The molecule has 0 aliphatic carbocycles. The summed E-state index contributed by atoms with van der Waals surface area (Å²) in [4.78, 5) is 11.5. The number of nitrogens with zero attached hydrogens (tertiary/aromatic N) is 1. The van der Waals surface area contributed by atoms with Crippen LogP contribution in [-0.2, 0) is 14.1 Å². The molecular formula is C8H15ClNO3P. The molecule has 0 aromatic heterocycles. The molecule has 0 amide bonds. The molecule has 1 aliphatic heterocycles. The summed E-state index contributed by atoms with van der Waals surface area (Å²) in [6, 6.07) is -0.414. The molecule has 2 unspecified atom stereocenters. The number of esters is 1. The number of ether oxygens (including phenoxy) is 1. The van der Waals surface area contributed by atoms with Crippen LogP contribution in [-0.4, -0.2) is 36.5 Å². The molecule has 0 aromatic carbocycles. The first-order valence-electron chi connectivity index (χ1n) is 4.67. The van der Waals surface area contributed by atoms with Crippen LogP contribution in [0.25, 0.3) is 0 Å². The lowest BCUT2D eigenvalue weighted by Gasteiger charge is -2.24. The van der Waals surface area contributed by atoms with E-state index < -0.39 is 12.7 Å². The summed E-state index contributed by atoms with van der Waals surface area (Å²) >= 11 is 5.75. The zero-order chi connectivity index (χ0) is 10.8. The van der Waals surface area contributed by atoms with Gasteiger partial charge >= 0.3 is 5.97 Å². The molecule has 1 saturated heterocycles. The number of halogens is 1. The largest absolute Gasteiger partial charge is 0.465 e. The smallest absolute Gasteiger partial charge is 0.323 e. The second-order valence-electron chi connectivity index (χ2n) is 3.35. The van der Waals surface area contributed by atoms with Crippen molar-refractivity contribution in [3.8, 4) is 0 Å². The van der Waals surface area contributed by atoms with Gasteiger partial charge in [-0.15, -0.1) is 0 Å². The molecule has 0 bridgehead atoms. The van der Waals surface area contributed by atoms with Gasteiger partial charge in [-0.1, -0.05) is 0 Å². The second kappa shape index (κ2) is 4.65. The maximum Gasteiger partial charge on any atom is 0.323 e. The molecule has 1 heterocycles. The molecule has 0 saturated carbocycles. The lowest BCUT2D eigenvalue weighted by atomic mass is 10.2. The van der Waals surface area contributed by atoms with Gasteiger partial charge in [0.25, 0.3) is 0 Å². The highest BCUT2D eigenvalue weighted by Gasteiger charge is 2.39. The molecule has 4 nitrogen and oxygen atoms in total. The quantitative estimate of drug-likeness (QED) is 0.559. The third-order valence-corrected chi connectivity index (χ3v) is 4.22. The molecule has 0 spiro atoms. The average Bonchev–Trinajstić information content (AvgIpc) is 2.50. The van der Waals surface area contributed by atoms with E-state index >= 15 is 0 Å². The van der Waals surface area contributed by atoms with Crippen LogP contribution < -0.4 is 0 Å². The number of rotatable bonds is 3. The minimum absolute atomic E-state index is 0.312. The Hall–Kier alpha value is -0.0500. The summed E-state index contributed by atoms with van der Waals surface area (Å²) in [6.45, 7) is 1.33. The van der Waals surface area contributed by atoms with E-state index in [0.717, 1.165) is 6.42 Å². The van der Waals surface area contributed by atoms with Crippen LogP contribution in [0.1, 0.15) is 19.8 Å². The van der Waals surface area contributed by atoms with Gasteiger partial charge in [0.2, 0.25) is 6.65 Å². The molecule has 0 radical (unpaired) electrons. The topological polar surface area (TPSA) is 46.6 Å². The Balaban J connectivity index is 2.69. The third-order valence-electron chi connectivity index (χ3n) is 2.24. The summed E-state index contributed by atoms with van der Waals surface area (Å²) in [6.07, 6.45) is 1.53. The molecule has 6 heteroatoms. The number of carbonyl (C=O) groups is 1. The first-order chi connectivity index (χ1) is 6.46. The van der Waals surface area contributed by atoms with Crippen LogP contribution in [0.15, 0.2) is 0 Å². The van der Waals surface area contributed by atoms with Gasteiger partial charge in [0.05, 0.1) is 6.61 Å². The van der Waals surface area contributed by atoms with Gasteiger partial charge in [-0.2, -0.15) is 0 Å². The third kappa shape index (κ3) is 2.72. The van der Waals surface area contributed by atoms with Crippen molar-refractivity contribution in [2.45, 2.75) is 25.8 Å². The first kappa shape index (κ1) is 12.0. The van der Waals surface area contributed by atoms with Crippen LogP contribution in [0.3, 0.4) is 0 Å². The predicted octanol–water partition coefficient (Wildman–Crippen LogP) is 2.08. The molecule has 0 aromatic rings. The van der Waals surface area contributed by atoms with Gasteiger partial charge in [0.15, 0.2) is 0 Å². The van der Waals surface area contributed by atoms with Crippen LogP contribution in [0.4, 0.5) is 0 Å². The van der Waals surface area contributed by atoms with Crippen LogP contribution in [0, 0.1) is 0 Å². The lowest BCUT2D eigenvalue weighted by Crippen LogP contribution is -2.33. The van der Waals surface area contributed by atoms with Gasteiger partial charge in [-0.3, -0.25) is 9.36 Å². The minimum atomic E-state index is -2.84. The maximum atomic E-state index is 11.6. The van der Waals surface area contributed by atoms with Crippen molar-refractivity contribution < 1.29 is 14.1 Å². The highest BCUT2D eigenvalue weighted by atomic mass is 35.7. The summed E-state index contributed by atoms with van der Waals surface area (Å²) in [5, 5.41) is 0. The number of hydrogen-bond acceptors (Lipinski definition) is 3. The molecular weight excluding hydrogens is 225 g/mol. The molecule has 14 heavy (non-hydrogen) atoms. The Morgan fingerprint density at radius 2 is 2.36 bits per heavy atom. The fraction of sp³-hybridized carbons (Fsp3) is 0.875. The Morgan fingerprint density at radius 3 is 2.86 bits per heavy atom. The molecule has 1 aliphatic rings. The Bertz CT molecular complexity index is 265. The Labute approximate surface area is 88.8 Å². The molecule has 2 atom stereocenters.